The van der Waals surface area contributed by atoms with E-state index in [1.807, 2.05) is 12.1 Å². The summed E-state index contributed by atoms with van der Waals surface area (Å²) in [6.07, 6.45) is 7.44. The maximum atomic E-state index is 13.3. The Morgan fingerprint density at radius 2 is 1.64 bits per heavy atom. The second kappa shape index (κ2) is 12.5. The Hall–Kier alpha value is -5.29. The molecular weight excluding hydrogens is 560 g/mol. The van der Waals surface area contributed by atoms with Crippen LogP contribution < -0.4 is 21.3 Å². The molecule has 2 saturated heterocycles. The van der Waals surface area contributed by atoms with Crippen LogP contribution >= 0.6 is 0 Å². The largest absolute Gasteiger partial charge is 0.354 e. The first-order valence-electron chi connectivity index (χ1n) is 14.7. The van der Waals surface area contributed by atoms with E-state index in [0.29, 0.717) is 33.8 Å². The molecule has 0 radical (unpaired) electrons. The van der Waals surface area contributed by atoms with Gasteiger partial charge in [0.1, 0.15) is 5.70 Å². The number of nitro benzene ring substituents is 1. The van der Waals surface area contributed by atoms with E-state index in [4.69, 9.17) is 0 Å². The van der Waals surface area contributed by atoms with Gasteiger partial charge in [-0.3, -0.25) is 25.0 Å². The quantitative estimate of drug-likeness (QED) is 0.117. The highest BCUT2D eigenvalue weighted by Crippen LogP contribution is 2.39. The van der Waals surface area contributed by atoms with E-state index >= 15 is 0 Å². The number of imide groups is 1. The van der Waals surface area contributed by atoms with Crippen LogP contribution in [0.3, 0.4) is 0 Å². The summed E-state index contributed by atoms with van der Waals surface area (Å²) in [5.74, 6) is -0.864. The van der Waals surface area contributed by atoms with Crippen LogP contribution in [-0.4, -0.2) is 47.3 Å². The van der Waals surface area contributed by atoms with E-state index in [0.717, 1.165) is 24.9 Å². The number of carbonyl (C=O) groups excluding carboxylic acids is 3. The minimum Gasteiger partial charge on any atom is -0.354 e. The number of likely N-dealkylation sites (tertiary alicyclic amines) is 1. The van der Waals surface area contributed by atoms with E-state index < -0.39 is 16.9 Å². The lowest BCUT2D eigenvalue weighted by atomic mass is 9.98. The smallest absolute Gasteiger partial charge is 0.326 e. The summed E-state index contributed by atoms with van der Waals surface area (Å²) in [5.41, 5.74) is 5.10. The summed E-state index contributed by atoms with van der Waals surface area (Å²) >= 11 is 0. The van der Waals surface area contributed by atoms with Gasteiger partial charge in [0, 0.05) is 29.1 Å². The fourth-order valence-corrected chi connectivity index (χ4v) is 5.78. The van der Waals surface area contributed by atoms with Crippen LogP contribution in [-0.2, 0) is 16.0 Å². The highest BCUT2D eigenvalue weighted by molar-refractivity contribution is 6.37. The number of piperidine rings is 1. The molecule has 0 spiro atoms. The van der Waals surface area contributed by atoms with Crippen molar-refractivity contribution in [2.75, 3.05) is 30.3 Å². The second-order valence-corrected chi connectivity index (χ2v) is 11.1. The maximum Gasteiger partial charge on any atom is 0.326 e. The molecule has 4 N–H and O–H groups in total. The Kier molecular flexibility index (Phi) is 8.20. The van der Waals surface area contributed by atoms with E-state index in [1.54, 1.807) is 36.4 Å². The molecule has 3 aliphatic heterocycles. The first kappa shape index (κ1) is 28.8. The third kappa shape index (κ3) is 6.37. The summed E-state index contributed by atoms with van der Waals surface area (Å²) in [4.78, 5) is 50.2. The minimum absolute atomic E-state index is 0.110. The van der Waals surface area contributed by atoms with Crippen LogP contribution in [0.1, 0.15) is 47.9 Å². The van der Waals surface area contributed by atoms with Crippen molar-refractivity contribution in [3.8, 4) is 0 Å². The molecule has 6 rings (SSSR count). The molecule has 2 fully saturated rings. The fraction of sp³-hybridized carbons (Fsp3) is 0.242. The van der Waals surface area contributed by atoms with Crippen molar-refractivity contribution in [1.29, 1.82) is 0 Å². The minimum atomic E-state index is -0.570. The Morgan fingerprint density at radius 3 is 2.32 bits per heavy atom. The highest BCUT2D eigenvalue weighted by Gasteiger charge is 2.30. The zero-order valence-electron chi connectivity index (χ0n) is 24.0. The van der Waals surface area contributed by atoms with Crippen molar-refractivity contribution < 1.29 is 19.3 Å². The fourth-order valence-electron chi connectivity index (χ4n) is 5.78. The maximum absolute atomic E-state index is 13.3. The number of nitrogens with one attached hydrogen (secondary N) is 4. The van der Waals surface area contributed by atoms with E-state index in [1.165, 1.54) is 50.0 Å². The average Bonchev–Trinajstić information content (AvgIpc) is 3.53. The number of urea groups is 1. The molecule has 224 valence electrons. The Labute approximate surface area is 254 Å². The summed E-state index contributed by atoms with van der Waals surface area (Å²) in [6.45, 7) is 3.43. The number of nitro groups is 1. The molecule has 3 aromatic rings. The Bertz CT molecular complexity index is 1690. The molecule has 4 amide bonds. The second-order valence-electron chi connectivity index (χ2n) is 11.1. The molecule has 11 nitrogen and oxygen atoms in total. The van der Waals surface area contributed by atoms with Crippen LogP contribution in [0.2, 0.25) is 0 Å². The number of aryl methyl sites for hydroxylation is 1. The topological polar surface area (TPSA) is 146 Å². The molecule has 0 aromatic heterocycles. The van der Waals surface area contributed by atoms with Gasteiger partial charge in [-0.05, 0) is 86.3 Å². The lowest BCUT2D eigenvalue weighted by Crippen LogP contribution is -2.30. The Balaban J connectivity index is 1.29. The third-order valence-electron chi connectivity index (χ3n) is 8.05. The molecule has 3 heterocycles. The van der Waals surface area contributed by atoms with Crippen LogP contribution in [0.5, 0.6) is 0 Å². The number of amides is 4. The molecule has 0 saturated carbocycles. The van der Waals surface area contributed by atoms with Gasteiger partial charge < -0.3 is 20.9 Å². The predicted octanol–water partition coefficient (Wildman–Crippen LogP) is 5.13. The van der Waals surface area contributed by atoms with Crippen molar-refractivity contribution in [2.24, 2.45) is 0 Å². The van der Waals surface area contributed by atoms with Crippen molar-refractivity contribution in [1.82, 2.24) is 15.5 Å². The van der Waals surface area contributed by atoms with Gasteiger partial charge in [0.05, 0.1) is 16.2 Å². The predicted molar refractivity (Wildman–Crippen MR) is 168 cm³/mol. The summed E-state index contributed by atoms with van der Waals surface area (Å²) in [5, 5.41) is 22.4. The van der Waals surface area contributed by atoms with Crippen molar-refractivity contribution in [3.05, 3.63) is 105 Å². The van der Waals surface area contributed by atoms with Crippen LogP contribution in [0.25, 0.3) is 17.3 Å². The number of rotatable bonds is 9. The molecule has 11 heteroatoms. The number of benzene rings is 3. The summed E-state index contributed by atoms with van der Waals surface area (Å²) in [6, 6.07) is 18.9. The SMILES string of the molecule is O=C1NC(=O)C(=Cc2ccc(NC(=C3C(=O)Nc4ccc([N+](=O)[O-])cc43)c3ccc(CCCN4CCCCC4)cc3)cc2)N1. The van der Waals surface area contributed by atoms with E-state index in [-0.39, 0.29) is 17.3 Å². The van der Waals surface area contributed by atoms with Gasteiger partial charge in [-0.25, -0.2) is 4.79 Å². The van der Waals surface area contributed by atoms with Crippen LogP contribution in [0.15, 0.2) is 72.4 Å². The number of hydrogen-bond donors (Lipinski definition) is 4. The van der Waals surface area contributed by atoms with Gasteiger partial charge >= 0.3 is 6.03 Å². The lowest BCUT2D eigenvalue weighted by molar-refractivity contribution is -0.384. The number of nitrogens with zero attached hydrogens (tertiary/aromatic N) is 2. The van der Waals surface area contributed by atoms with Gasteiger partial charge in [0.2, 0.25) is 0 Å². The van der Waals surface area contributed by atoms with Gasteiger partial charge in [-0.2, -0.15) is 0 Å². The van der Waals surface area contributed by atoms with E-state index in [9.17, 15) is 24.5 Å². The van der Waals surface area contributed by atoms with Gasteiger partial charge in [-0.1, -0.05) is 42.8 Å². The van der Waals surface area contributed by atoms with Crippen molar-refractivity contribution in [3.63, 3.8) is 0 Å². The molecular formula is C33H32N6O5. The normalized spacial score (nSPS) is 18.5. The van der Waals surface area contributed by atoms with E-state index in [2.05, 4.69) is 38.3 Å². The molecule has 0 unspecified atom stereocenters. The first-order valence-corrected chi connectivity index (χ1v) is 14.7. The van der Waals surface area contributed by atoms with Crippen molar-refractivity contribution in [2.45, 2.75) is 32.1 Å². The monoisotopic (exact) mass is 592 g/mol. The molecule has 0 aliphatic carbocycles. The highest BCUT2D eigenvalue weighted by atomic mass is 16.6. The zero-order valence-corrected chi connectivity index (χ0v) is 24.0. The number of fused-ring (bicyclic) bond motifs is 1. The van der Waals surface area contributed by atoms with Crippen LogP contribution in [0, 0.1) is 10.1 Å². The third-order valence-corrected chi connectivity index (χ3v) is 8.05. The number of carbonyl (C=O) groups is 3. The number of anilines is 2. The summed E-state index contributed by atoms with van der Waals surface area (Å²) < 4.78 is 0. The molecule has 3 aliphatic rings. The number of hydrogen-bond acceptors (Lipinski definition) is 7. The van der Waals surface area contributed by atoms with Gasteiger partial charge in [0.15, 0.2) is 0 Å². The molecule has 0 atom stereocenters. The zero-order chi connectivity index (χ0) is 30.6. The van der Waals surface area contributed by atoms with Gasteiger partial charge in [-0.15, -0.1) is 0 Å². The Morgan fingerprint density at radius 1 is 0.886 bits per heavy atom. The molecule has 3 aromatic carbocycles. The molecule has 44 heavy (non-hydrogen) atoms. The van der Waals surface area contributed by atoms with Gasteiger partial charge in [0.25, 0.3) is 17.5 Å². The lowest BCUT2D eigenvalue weighted by Gasteiger charge is -2.26. The standard InChI is InChI=1S/C33H32N6O5/c40-31-28(36-33(42)37-31)19-22-8-12-24(13-9-22)34-30(29-26-20-25(39(43)44)14-15-27(26)35-32(29)41)23-10-6-21(7-11-23)5-4-18-38-16-2-1-3-17-38/h6-15,19-20,34H,1-5,16-18H2,(H,35,41)(H2,36,37,40,42). The number of non-ortho nitro benzene ring substituents is 1. The molecule has 0 bridgehead atoms. The van der Waals surface area contributed by atoms with Crippen molar-refractivity contribution >= 4 is 52.3 Å². The van der Waals surface area contributed by atoms with Crippen LogP contribution in [0.4, 0.5) is 21.9 Å². The summed E-state index contributed by atoms with van der Waals surface area (Å²) in [7, 11) is 0. The average molecular weight is 593 g/mol. The first-order chi connectivity index (χ1) is 21.3.